The summed E-state index contributed by atoms with van der Waals surface area (Å²) in [6.45, 7) is 10.0. The van der Waals surface area contributed by atoms with Gasteiger partial charge in [0.25, 0.3) is 0 Å². The summed E-state index contributed by atoms with van der Waals surface area (Å²) < 4.78 is 25.0. The van der Waals surface area contributed by atoms with E-state index < -0.39 is 10.0 Å². The molecule has 4 nitrogen and oxygen atoms in total. The van der Waals surface area contributed by atoms with Gasteiger partial charge in [0.15, 0.2) is 0 Å². The van der Waals surface area contributed by atoms with E-state index in [1.165, 1.54) is 6.26 Å². The molecule has 0 amide bonds. The van der Waals surface area contributed by atoms with Crippen LogP contribution in [0.25, 0.3) is 0 Å². The molecule has 0 aromatic rings. The highest BCUT2D eigenvalue weighted by molar-refractivity contribution is 7.88. The van der Waals surface area contributed by atoms with E-state index in [9.17, 15) is 8.42 Å². The SMILES string of the molecule is CC[C@H](C)N1C[C@@H](C)N(S(C)(=O)=O)[C@H](C)C1. The monoisotopic (exact) mass is 248 g/mol. The fourth-order valence-corrected chi connectivity index (χ4v) is 4.06. The smallest absolute Gasteiger partial charge is 0.211 e. The van der Waals surface area contributed by atoms with Crippen molar-refractivity contribution in [3.05, 3.63) is 0 Å². The third-order valence-corrected chi connectivity index (χ3v) is 4.95. The molecule has 0 aromatic heterocycles. The second kappa shape index (κ2) is 5.02. The molecule has 1 heterocycles. The van der Waals surface area contributed by atoms with Gasteiger partial charge in [-0.05, 0) is 27.2 Å². The molecule has 0 unspecified atom stereocenters. The molecule has 0 aromatic carbocycles. The number of hydrogen-bond donors (Lipinski definition) is 0. The molecule has 1 aliphatic rings. The van der Waals surface area contributed by atoms with Gasteiger partial charge in [-0.25, -0.2) is 8.42 Å². The molecule has 0 radical (unpaired) electrons. The van der Waals surface area contributed by atoms with Crippen molar-refractivity contribution in [2.75, 3.05) is 19.3 Å². The molecule has 1 aliphatic heterocycles. The van der Waals surface area contributed by atoms with Gasteiger partial charge in [0.05, 0.1) is 6.26 Å². The van der Waals surface area contributed by atoms with Gasteiger partial charge in [-0.2, -0.15) is 4.31 Å². The summed E-state index contributed by atoms with van der Waals surface area (Å²) in [5, 5.41) is 0. The summed E-state index contributed by atoms with van der Waals surface area (Å²) in [7, 11) is -3.07. The second-order valence-corrected chi connectivity index (χ2v) is 6.89. The van der Waals surface area contributed by atoms with Crippen LogP contribution in [0, 0.1) is 0 Å². The minimum Gasteiger partial charge on any atom is -0.298 e. The Labute approximate surface area is 99.7 Å². The van der Waals surface area contributed by atoms with Crippen LogP contribution in [0.4, 0.5) is 0 Å². The lowest BCUT2D eigenvalue weighted by Gasteiger charge is -2.45. The third-order valence-electron chi connectivity index (χ3n) is 3.46. The maximum atomic E-state index is 11.7. The van der Waals surface area contributed by atoms with E-state index in [-0.39, 0.29) is 12.1 Å². The lowest BCUT2D eigenvalue weighted by atomic mass is 10.1. The topological polar surface area (TPSA) is 40.6 Å². The maximum absolute atomic E-state index is 11.7. The van der Waals surface area contributed by atoms with E-state index in [1.807, 2.05) is 13.8 Å². The van der Waals surface area contributed by atoms with Gasteiger partial charge in [0.1, 0.15) is 0 Å². The summed E-state index contributed by atoms with van der Waals surface area (Å²) in [5.41, 5.74) is 0. The summed E-state index contributed by atoms with van der Waals surface area (Å²) in [5.74, 6) is 0. The van der Waals surface area contributed by atoms with Crippen LogP contribution < -0.4 is 0 Å². The van der Waals surface area contributed by atoms with E-state index in [2.05, 4.69) is 18.7 Å². The van der Waals surface area contributed by atoms with E-state index >= 15 is 0 Å². The molecule has 96 valence electrons. The first-order valence-corrected chi connectivity index (χ1v) is 7.84. The zero-order chi connectivity index (χ0) is 12.5. The molecule has 3 atom stereocenters. The van der Waals surface area contributed by atoms with Gasteiger partial charge in [-0.1, -0.05) is 6.92 Å². The zero-order valence-corrected chi connectivity index (χ0v) is 11.8. The van der Waals surface area contributed by atoms with Crippen LogP contribution in [0.5, 0.6) is 0 Å². The Bertz CT molecular complexity index is 317. The Morgan fingerprint density at radius 1 is 1.25 bits per heavy atom. The molecule has 0 N–H and O–H groups in total. The normalized spacial score (nSPS) is 31.6. The van der Waals surface area contributed by atoms with Crippen LogP contribution in [0.1, 0.15) is 34.1 Å². The van der Waals surface area contributed by atoms with Crippen LogP contribution in [0.3, 0.4) is 0 Å². The second-order valence-electron chi connectivity index (χ2n) is 5.00. The number of nitrogens with zero attached hydrogens (tertiary/aromatic N) is 2. The Morgan fingerprint density at radius 3 is 2.00 bits per heavy atom. The maximum Gasteiger partial charge on any atom is 0.211 e. The summed E-state index contributed by atoms with van der Waals surface area (Å²) >= 11 is 0. The van der Waals surface area contributed by atoms with Gasteiger partial charge in [-0.15, -0.1) is 0 Å². The van der Waals surface area contributed by atoms with Crippen molar-refractivity contribution in [2.45, 2.75) is 52.2 Å². The standard InChI is InChI=1S/C11H24N2O2S/c1-6-9(2)12-7-10(3)13(11(4)8-12)16(5,14)15/h9-11H,6-8H2,1-5H3/t9-,10+,11+/m0/s1. The number of hydrogen-bond acceptors (Lipinski definition) is 3. The summed E-state index contributed by atoms with van der Waals surface area (Å²) in [6.07, 6.45) is 2.41. The average molecular weight is 248 g/mol. The average Bonchev–Trinajstić information content (AvgIpc) is 2.13. The number of sulfonamides is 1. The van der Waals surface area contributed by atoms with Crippen molar-refractivity contribution in [3.8, 4) is 0 Å². The molecular formula is C11H24N2O2S. The molecular weight excluding hydrogens is 224 g/mol. The number of piperazine rings is 1. The minimum absolute atomic E-state index is 0.0766. The van der Waals surface area contributed by atoms with E-state index in [0.717, 1.165) is 19.5 Å². The van der Waals surface area contributed by atoms with Crippen molar-refractivity contribution in [2.24, 2.45) is 0 Å². The molecule has 0 bridgehead atoms. The van der Waals surface area contributed by atoms with Crippen LogP contribution >= 0.6 is 0 Å². The molecule has 16 heavy (non-hydrogen) atoms. The Balaban J connectivity index is 2.79. The zero-order valence-electron chi connectivity index (χ0n) is 11.0. The Kier molecular flexibility index (Phi) is 4.37. The quantitative estimate of drug-likeness (QED) is 0.752. The van der Waals surface area contributed by atoms with Gasteiger partial charge >= 0.3 is 0 Å². The van der Waals surface area contributed by atoms with Crippen LogP contribution in [-0.2, 0) is 10.0 Å². The molecule has 5 heteroatoms. The molecule has 0 spiro atoms. The predicted octanol–water partition coefficient (Wildman–Crippen LogP) is 1.14. The van der Waals surface area contributed by atoms with E-state index in [1.54, 1.807) is 4.31 Å². The van der Waals surface area contributed by atoms with Crippen molar-refractivity contribution >= 4 is 10.0 Å². The predicted molar refractivity (Wildman–Crippen MR) is 66.9 cm³/mol. The summed E-state index contributed by atoms with van der Waals surface area (Å²) in [6, 6.07) is 0.687. The summed E-state index contributed by atoms with van der Waals surface area (Å²) in [4.78, 5) is 2.39. The minimum atomic E-state index is -3.07. The first-order valence-electron chi connectivity index (χ1n) is 6.00. The Hall–Kier alpha value is -0.130. The Morgan fingerprint density at radius 2 is 1.69 bits per heavy atom. The lowest BCUT2D eigenvalue weighted by molar-refractivity contribution is 0.0724. The fraction of sp³-hybridized carbons (Fsp3) is 1.00. The molecule has 1 fully saturated rings. The largest absolute Gasteiger partial charge is 0.298 e. The van der Waals surface area contributed by atoms with Crippen LogP contribution in [0.2, 0.25) is 0 Å². The van der Waals surface area contributed by atoms with Gasteiger partial charge in [0, 0.05) is 31.2 Å². The molecule has 0 aliphatic carbocycles. The highest BCUT2D eigenvalue weighted by atomic mass is 32.2. The molecule has 1 saturated heterocycles. The number of rotatable bonds is 3. The van der Waals surface area contributed by atoms with Crippen LogP contribution in [-0.4, -0.2) is 55.1 Å². The first-order chi connectivity index (χ1) is 7.27. The lowest BCUT2D eigenvalue weighted by Crippen LogP contribution is -2.59. The van der Waals surface area contributed by atoms with Crippen molar-refractivity contribution in [1.82, 2.24) is 9.21 Å². The third kappa shape index (κ3) is 2.96. The highest BCUT2D eigenvalue weighted by Crippen LogP contribution is 2.21. The molecule has 1 rings (SSSR count). The van der Waals surface area contributed by atoms with E-state index in [4.69, 9.17) is 0 Å². The first kappa shape index (κ1) is 13.9. The van der Waals surface area contributed by atoms with Crippen LogP contribution in [0.15, 0.2) is 0 Å². The fourth-order valence-electron chi connectivity index (χ4n) is 2.62. The van der Waals surface area contributed by atoms with Gasteiger partial charge in [-0.3, -0.25) is 4.90 Å². The highest BCUT2D eigenvalue weighted by Gasteiger charge is 2.36. The van der Waals surface area contributed by atoms with Gasteiger partial charge < -0.3 is 0 Å². The van der Waals surface area contributed by atoms with Gasteiger partial charge in [0.2, 0.25) is 10.0 Å². The van der Waals surface area contributed by atoms with Crippen molar-refractivity contribution < 1.29 is 8.42 Å². The van der Waals surface area contributed by atoms with Crippen molar-refractivity contribution in [1.29, 1.82) is 0 Å². The van der Waals surface area contributed by atoms with Crippen molar-refractivity contribution in [3.63, 3.8) is 0 Å². The molecule has 0 saturated carbocycles. The van der Waals surface area contributed by atoms with E-state index in [0.29, 0.717) is 6.04 Å².